The van der Waals surface area contributed by atoms with Crippen molar-refractivity contribution in [1.82, 2.24) is 0 Å². The Morgan fingerprint density at radius 3 is 2.00 bits per heavy atom. The molecule has 0 radical (unpaired) electrons. The summed E-state index contributed by atoms with van der Waals surface area (Å²) in [6, 6.07) is 7.58. The van der Waals surface area contributed by atoms with Crippen molar-refractivity contribution in [2.24, 2.45) is 11.8 Å². The summed E-state index contributed by atoms with van der Waals surface area (Å²) in [5.41, 5.74) is 1.13. The highest BCUT2D eigenvalue weighted by atomic mass is 32.2. The number of hydrogen-bond donors (Lipinski definition) is 0. The van der Waals surface area contributed by atoms with Crippen molar-refractivity contribution in [3.63, 3.8) is 0 Å². The van der Waals surface area contributed by atoms with E-state index in [1.54, 1.807) is 0 Å². The minimum absolute atomic E-state index is 0.00936. The number of Topliss-reactive ketones (excluding diaryl/α,β-unsaturated/α-hetero) is 1. The predicted molar refractivity (Wildman–Crippen MR) is 76.1 cm³/mol. The smallest absolute Gasteiger partial charge is 0.146 e. The molecule has 3 heteroatoms. The van der Waals surface area contributed by atoms with Gasteiger partial charge in [0, 0.05) is 4.90 Å². The average molecular weight is 266 g/mol. The van der Waals surface area contributed by atoms with Gasteiger partial charge in [0.05, 0.1) is 10.8 Å². The van der Waals surface area contributed by atoms with Gasteiger partial charge in [0.1, 0.15) is 11.0 Å². The van der Waals surface area contributed by atoms with Crippen LogP contribution in [-0.4, -0.2) is 15.2 Å². The molecule has 3 unspecified atom stereocenters. The van der Waals surface area contributed by atoms with Gasteiger partial charge in [-0.05, 0) is 37.8 Å². The molecule has 0 amide bonds. The van der Waals surface area contributed by atoms with E-state index < -0.39 is 16.0 Å². The Hall–Kier alpha value is -0.960. The Balaban J connectivity index is 3.04. The summed E-state index contributed by atoms with van der Waals surface area (Å²) >= 11 is 0. The van der Waals surface area contributed by atoms with Crippen LogP contribution in [0.3, 0.4) is 0 Å². The van der Waals surface area contributed by atoms with E-state index in [-0.39, 0.29) is 11.7 Å². The number of aryl methyl sites for hydroxylation is 1. The summed E-state index contributed by atoms with van der Waals surface area (Å²) in [4.78, 5) is 12.5. The molecule has 100 valence electrons. The second kappa shape index (κ2) is 6.28. The molecule has 0 aromatic heterocycles. The van der Waals surface area contributed by atoms with Gasteiger partial charge >= 0.3 is 0 Å². The highest BCUT2D eigenvalue weighted by Gasteiger charge is 2.30. The molecule has 1 rings (SSSR count). The minimum Gasteiger partial charge on any atom is -0.299 e. The summed E-state index contributed by atoms with van der Waals surface area (Å²) in [5, 5.41) is -0.410. The quantitative estimate of drug-likeness (QED) is 0.819. The van der Waals surface area contributed by atoms with Crippen LogP contribution < -0.4 is 0 Å². The van der Waals surface area contributed by atoms with E-state index in [0.717, 1.165) is 10.5 Å². The lowest BCUT2D eigenvalue weighted by Gasteiger charge is -2.24. The van der Waals surface area contributed by atoms with Crippen molar-refractivity contribution in [3.8, 4) is 0 Å². The summed E-state index contributed by atoms with van der Waals surface area (Å²) < 4.78 is 12.5. The highest BCUT2D eigenvalue weighted by molar-refractivity contribution is 7.86. The Morgan fingerprint density at radius 2 is 1.61 bits per heavy atom. The Bertz CT molecular complexity index is 434. The predicted octanol–water partition coefficient (Wildman–Crippen LogP) is 3.35. The van der Waals surface area contributed by atoms with Crippen molar-refractivity contribution >= 4 is 16.6 Å². The second-order valence-electron chi connectivity index (χ2n) is 5.24. The molecule has 0 aliphatic heterocycles. The number of carbonyl (C=O) groups is 1. The molecule has 18 heavy (non-hydrogen) atoms. The molecule has 0 aliphatic carbocycles. The minimum atomic E-state index is -1.26. The molecule has 2 nitrogen and oxygen atoms in total. The van der Waals surface area contributed by atoms with E-state index in [1.165, 1.54) is 6.92 Å². The van der Waals surface area contributed by atoms with Crippen LogP contribution in [0.4, 0.5) is 0 Å². The van der Waals surface area contributed by atoms with Gasteiger partial charge in [0.15, 0.2) is 0 Å². The molecule has 3 atom stereocenters. The van der Waals surface area contributed by atoms with E-state index in [0.29, 0.717) is 5.92 Å². The number of ketones is 1. The Morgan fingerprint density at radius 1 is 1.11 bits per heavy atom. The van der Waals surface area contributed by atoms with Gasteiger partial charge in [-0.2, -0.15) is 0 Å². The van der Waals surface area contributed by atoms with Gasteiger partial charge in [-0.25, -0.2) is 0 Å². The maximum atomic E-state index is 12.5. The van der Waals surface area contributed by atoms with E-state index >= 15 is 0 Å². The Kier molecular flexibility index (Phi) is 5.27. The number of carbonyl (C=O) groups excluding carboxylic acids is 1. The molecular formula is C15H22O2S. The third-order valence-electron chi connectivity index (χ3n) is 3.41. The van der Waals surface area contributed by atoms with Gasteiger partial charge < -0.3 is 0 Å². The lowest BCUT2D eigenvalue weighted by Crippen LogP contribution is -2.33. The SMILES string of the molecule is CC(=O)C(C(C)C(C)C)S(=O)c1ccc(C)cc1. The van der Waals surface area contributed by atoms with Crippen LogP contribution in [0.15, 0.2) is 29.2 Å². The number of hydrogen-bond acceptors (Lipinski definition) is 2. The zero-order chi connectivity index (χ0) is 13.9. The summed E-state index contributed by atoms with van der Waals surface area (Å²) in [7, 11) is -1.26. The molecule has 1 aromatic carbocycles. The molecule has 0 N–H and O–H groups in total. The van der Waals surface area contributed by atoms with Crippen LogP contribution in [0, 0.1) is 18.8 Å². The molecule has 0 fully saturated rings. The fourth-order valence-electron chi connectivity index (χ4n) is 1.88. The zero-order valence-electron chi connectivity index (χ0n) is 11.8. The molecule has 1 aromatic rings. The van der Waals surface area contributed by atoms with Crippen molar-refractivity contribution in [2.45, 2.75) is 44.8 Å². The standard InChI is InChI=1S/C15H22O2S/c1-10(2)12(4)15(13(5)16)18(17)14-8-6-11(3)7-9-14/h6-10,12,15H,1-5H3. The van der Waals surface area contributed by atoms with E-state index in [4.69, 9.17) is 0 Å². The van der Waals surface area contributed by atoms with Gasteiger partial charge in [0.25, 0.3) is 0 Å². The summed E-state index contributed by atoms with van der Waals surface area (Å²) in [6.07, 6.45) is 0. The molecule has 0 heterocycles. The zero-order valence-corrected chi connectivity index (χ0v) is 12.6. The largest absolute Gasteiger partial charge is 0.299 e. The second-order valence-corrected chi connectivity index (χ2v) is 6.82. The summed E-state index contributed by atoms with van der Waals surface area (Å²) in [5.74, 6) is 0.466. The van der Waals surface area contributed by atoms with Crippen LogP contribution in [0.1, 0.15) is 33.3 Å². The molecule has 0 spiro atoms. The first-order valence-corrected chi connectivity index (χ1v) is 7.53. The van der Waals surface area contributed by atoms with Crippen LogP contribution in [0.2, 0.25) is 0 Å². The van der Waals surface area contributed by atoms with Crippen molar-refractivity contribution in [3.05, 3.63) is 29.8 Å². The van der Waals surface area contributed by atoms with Gasteiger partial charge in [-0.3, -0.25) is 9.00 Å². The summed E-state index contributed by atoms with van der Waals surface area (Å²) in [6.45, 7) is 9.66. The van der Waals surface area contributed by atoms with Crippen molar-refractivity contribution in [2.75, 3.05) is 0 Å². The number of benzene rings is 1. The fourth-order valence-corrected chi connectivity index (χ4v) is 3.59. The van der Waals surface area contributed by atoms with Crippen LogP contribution in [0.25, 0.3) is 0 Å². The monoisotopic (exact) mass is 266 g/mol. The van der Waals surface area contributed by atoms with E-state index in [1.807, 2.05) is 38.1 Å². The molecule has 0 saturated heterocycles. The van der Waals surface area contributed by atoms with E-state index in [9.17, 15) is 9.00 Å². The lowest BCUT2D eigenvalue weighted by atomic mass is 9.92. The van der Waals surface area contributed by atoms with Crippen molar-refractivity contribution in [1.29, 1.82) is 0 Å². The lowest BCUT2D eigenvalue weighted by molar-refractivity contribution is -0.117. The third kappa shape index (κ3) is 3.52. The van der Waals surface area contributed by atoms with Crippen LogP contribution in [0.5, 0.6) is 0 Å². The average Bonchev–Trinajstić information content (AvgIpc) is 2.29. The van der Waals surface area contributed by atoms with Gasteiger partial charge in [-0.15, -0.1) is 0 Å². The van der Waals surface area contributed by atoms with Crippen LogP contribution in [-0.2, 0) is 15.6 Å². The Labute approximate surface area is 112 Å². The fraction of sp³-hybridized carbons (Fsp3) is 0.533. The highest BCUT2D eigenvalue weighted by Crippen LogP contribution is 2.24. The first-order chi connectivity index (χ1) is 8.34. The van der Waals surface area contributed by atoms with E-state index in [2.05, 4.69) is 13.8 Å². The molecule has 0 bridgehead atoms. The van der Waals surface area contributed by atoms with Crippen molar-refractivity contribution < 1.29 is 9.00 Å². The normalized spacial score (nSPS) is 16.3. The van der Waals surface area contributed by atoms with Gasteiger partial charge in [-0.1, -0.05) is 38.5 Å². The first-order valence-electron chi connectivity index (χ1n) is 6.32. The molecule has 0 aliphatic rings. The first kappa shape index (κ1) is 15.1. The maximum Gasteiger partial charge on any atom is 0.146 e. The molecule has 0 saturated carbocycles. The number of rotatable bonds is 5. The topological polar surface area (TPSA) is 34.1 Å². The third-order valence-corrected chi connectivity index (χ3v) is 5.37. The van der Waals surface area contributed by atoms with Crippen LogP contribution >= 0.6 is 0 Å². The molecular weight excluding hydrogens is 244 g/mol. The van der Waals surface area contributed by atoms with Gasteiger partial charge in [0.2, 0.25) is 0 Å². The maximum absolute atomic E-state index is 12.5.